The lowest BCUT2D eigenvalue weighted by Crippen LogP contribution is -2.43. The van der Waals surface area contributed by atoms with Crippen LogP contribution in [0.5, 0.6) is 0 Å². The van der Waals surface area contributed by atoms with E-state index in [0.29, 0.717) is 25.1 Å². The number of piperidine rings is 1. The zero-order valence-electron chi connectivity index (χ0n) is 13.6. The summed E-state index contributed by atoms with van der Waals surface area (Å²) in [4.78, 5) is 41.1. The van der Waals surface area contributed by atoms with Gasteiger partial charge in [-0.15, -0.1) is 0 Å². The quantitative estimate of drug-likeness (QED) is 0.873. The Hall–Kier alpha value is -2.63. The predicted octanol–water partition coefficient (Wildman–Crippen LogP) is 1.94. The number of nitrogens with zero attached hydrogens (tertiary/aromatic N) is 1. The van der Waals surface area contributed by atoms with Crippen molar-refractivity contribution in [3.8, 4) is 0 Å². The molecule has 1 saturated heterocycles. The fourth-order valence-electron chi connectivity index (χ4n) is 3.11. The van der Waals surface area contributed by atoms with Crippen LogP contribution in [-0.2, 0) is 9.53 Å². The molecule has 6 heteroatoms. The van der Waals surface area contributed by atoms with Gasteiger partial charge >= 0.3 is 5.97 Å². The van der Waals surface area contributed by atoms with E-state index in [4.69, 9.17) is 4.74 Å². The molecule has 0 saturated carbocycles. The molecule has 1 unspecified atom stereocenters. The first-order valence-electron chi connectivity index (χ1n) is 8.18. The van der Waals surface area contributed by atoms with Crippen molar-refractivity contribution in [3.05, 3.63) is 46.4 Å². The van der Waals surface area contributed by atoms with Crippen molar-refractivity contribution < 1.29 is 14.3 Å². The number of esters is 1. The lowest BCUT2D eigenvalue weighted by molar-refractivity contribution is -0.149. The summed E-state index contributed by atoms with van der Waals surface area (Å²) in [5.41, 5.74) is -0.0291. The van der Waals surface area contributed by atoms with Crippen molar-refractivity contribution >= 4 is 22.6 Å². The van der Waals surface area contributed by atoms with Gasteiger partial charge < -0.3 is 14.6 Å². The van der Waals surface area contributed by atoms with E-state index in [1.165, 1.54) is 0 Å². The summed E-state index contributed by atoms with van der Waals surface area (Å²) in [6, 6.07) is 8.83. The number of fused-ring (bicyclic) bond motifs is 1. The van der Waals surface area contributed by atoms with Crippen LogP contribution < -0.4 is 5.56 Å². The Labute approximate surface area is 139 Å². The van der Waals surface area contributed by atoms with Crippen molar-refractivity contribution in [2.24, 2.45) is 5.92 Å². The van der Waals surface area contributed by atoms with E-state index in [0.717, 1.165) is 18.2 Å². The van der Waals surface area contributed by atoms with Crippen molar-refractivity contribution in [2.45, 2.75) is 19.8 Å². The average molecular weight is 328 g/mol. The summed E-state index contributed by atoms with van der Waals surface area (Å²) in [6.07, 6.45) is 1.46. The van der Waals surface area contributed by atoms with Gasteiger partial charge in [-0.3, -0.25) is 14.4 Å². The molecule has 2 aromatic rings. The molecular formula is C18H20N2O4. The fourth-order valence-corrected chi connectivity index (χ4v) is 3.11. The van der Waals surface area contributed by atoms with Crippen molar-refractivity contribution in [1.82, 2.24) is 9.88 Å². The highest BCUT2D eigenvalue weighted by atomic mass is 16.5. The Morgan fingerprint density at radius 2 is 2.12 bits per heavy atom. The predicted molar refractivity (Wildman–Crippen MR) is 89.8 cm³/mol. The van der Waals surface area contributed by atoms with Gasteiger partial charge in [0.1, 0.15) is 5.69 Å². The molecule has 2 heterocycles. The molecule has 3 rings (SSSR count). The number of H-pyrrole nitrogens is 1. The van der Waals surface area contributed by atoms with Gasteiger partial charge in [0.15, 0.2) is 0 Å². The molecule has 1 amide bonds. The Bertz CT molecular complexity index is 827. The van der Waals surface area contributed by atoms with Gasteiger partial charge in [-0.25, -0.2) is 0 Å². The van der Waals surface area contributed by atoms with Gasteiger partial charge in [0, 0.05) is 18.5 Å². The first-order chi connectivity index (χ1) is 11.6. The maximum absolute atomic E-state index is 12.7. The zero-order chi connectivity index (χ0) is 17.1. The molecule has 24 heavy (non-hydrogen) atoms. The van der Waals surface area contributed by atoms with Crippen LogP contribution in [0.3, 0.4) is 0 Å². The number of carbonyl (C=O) groups excluding carboxylic acids is 2. The van der Waals surface area contributed by atoms with E-state index in [1.807, 2.05) is 6.07 Å². The Morgan fingerprint density at radius 3 is 2.92 bits per heavy atom. The third kappa shape index (κ3) is 3.18. The topological polar surface area (TPSA) is 79.5 Å². The molecule has 1 fully saturated rings. The molecule has 1 N–H and O–H groups in total. The molecule has 126 valence electrons. The van der Waals surface area contributed by atoms with E-state index in [1.54, 1.807) is 36.1 Å². The maximum Gasteiger partial charge on any atom is 0.310 e. The highest BCUT2D eigenvalue weighted by Crippen LogP contribution is 2.20. The van der Waals surface area contributed by atoms with Gasteiger partial charge in [0.25, 0.3) is 11.5 Å². The highest BCUT2D eigenvalue weighted by molar-refractivity contribution is 5.96. The summed E-state index contributed by atoms with van der Waals surface area (Å²) in [6.45, 7) is 3.00. The summed E-state index contributed by atoms with van der Waals surface area (Å²) in [5, 5.41) is 1.28. The van der Waals surface area contributed by atoms with E-state index in [-0.39, 0.29) is 29.0 Å². The summed E-state index contributed by atoms with van der Waals surface area (Å²) < 4.78 is 5.06. The summed E-state index contributed by atoms with van der Waals surface area (Å²) in [5.74, 6) is -0.816. The van der Waals surface area contributed by atoms with E-state index >= 15 is 0 Å². The van der Waals surface area contributed by atoms with Gasteiger partial charge in [0.2, 0.25) is 0 Å². The Morgan fingerprint density at radius 1 is 1.33 bits per heavy atom. The minimum absolute atomic E-state index is 0.253. The molecule has 0 aliphatic carbocycles. The SMILES string of the molecule is CCOC(=O)C1CCCN(C(=O)c2cc3ccccc3c(=O)[nH]2)C1. The van der Waals surface area contributed by atoms with Crippen molar-refractivity contribution in [3.63, 3.8) is 0 Å². The van der Waals surface area contributed by atoms with Crippen LogP contribution in [0, 0.1) is 5.92 Å². The average Bonchev–Trinajstić information content (AvgIpc) is 2.61. The third-order valence-electron chi connectivity index (χ3n) is 4.31. The Kier molecular flexibility index (Phi) is 4.64. The Balaban J connectivity index is 1.83. The number of aromatic nitrogens is 1. The lowest BCUT2D eigenvalue weighted by atomic mass is 9.98. The molecule has 1 aliphatic heterocycles. The van der Waals surface area contributed by atoms with Crippen LogP contribution in [0.25, 0.3) is 10.8 Å². The maximum atomic E-state index is 12.7. The number of aromatic amines is 1. The van der Waals surface area contributed by atoms with Crippen LogP contribution in [0.4, 0.5) is 0 Å². The molecule has 0 radical (unpaired) electrons. The number of rotatable bonds is 3. The second kappa shape index (κ2) is 6.86. The minimum atomic E-state index is -0.296. The van der Waals surface area contributed by atoms with Crippen LogP contribution >= 0.6 is 0 Å². The molecule has 1 aromatic carbocycles. The number of pyridine rings is 1. The normalized spacial score (nSPS) is 17.7. The highest BCUT2D eigenvalue weighted by Gasteiger charge is 2.30. The fraction of sp³-hybridized carbons (Fsp3) is 0.389. The van der Waals surface area contributed by atoms with Crippen molar-refractivity contribution in [1.29, 1.82) is 0 Å². The van der Waals surface area contributed by atoms with Crippen molar-refractivity contribution in [2.75, 3.05) is 19.7 Å². The van der Waals surface area contributed by atoms with Crippen LogP contribution in [0.2, 0.25) is 0 Å². The molecule has 1 aromatic heterocycles. The smallest absolute Gasteiger partial charge is 0.310 e. The number of likely N-dealkylation sites (tertiary alicyclic amines) is 1. The van der Waals surface area contributed by atoms with Gasteiger partial charge in [-0.05, 0) is 37.3 Å². The third-order valence-corrected chi connectivity index (χ3v) is 4.31. The van der Waals surface area contributed by atoms with Crippen LogP contribution in [0.1, 0.15) is 30.3 Å². The van der Waals surface area contributed by atoms with Crippen LogP contribution in [-0.4, -0.2) is 41.5 Å². The number of nitrogens with one attached hydrogen (secondary N) is 1. The van der Waals surface area contributed by atoms with E-state index in [9.17, 15) is 14.4 Å². The number of benzene rings is 1. The second-order valence-electron chi connectivity index (χ2n) is 5.94. The number of carbonyl (C=O) groups is 2. The standard InChI is InChI=1S/C18H20N2O4/c1-2-24-18(23)13-7-5-9-20(11-13)17(22)15-10-12-6-3-4-8-14(12)16(21)19-15/h3-4,6,8,10,13H,2,5,7,9,11H2,1H3,(H,19,21). The minimum Gasteiger partial charge on any atom is -0.466 e. The zero-order valence-corrected chi connectivity index (χ0v) is 13.6. The van der Waals surface area contributed by atoms with Gasteiger partial charge in [-0.1, -0.05) is 18.2 Å². The molecule has 0 bridgehead atoms. The molecule has 6 nitrogen and oxygen atoms in total. The largest absolute Gasteiger partial charge is 0.466 e. The second-order valence-corrected chi connectivity index (χ2v) is 5.94. The summed E-state index contributed by atoms with van der Waals surface area (Å²) >= 11 is 0. The van der Waals surface area contributed by atoms with E-state index < -0.39 is 0 Å². The summed E-state index contributed by atoms with van der Waals surface area (Å²) in [7, 11) is 0. The number of hydrogen-bond acceptors (Lipinski definition) is 4. The molecule has 1 aliphatic rings. The molecular weight excluding hydrogens is 308 g/mol. The monoisotopic (exact) mass is 328 g/mol. The first-order valence-corrected chi connectivity index (χ1v) is 8.18. The van der Waals surface area contributed by atoms with E-state index in [2.05, 4.69) is 4.98 Å². The number of ether oxygens (including phenoxy) is 1. The number of hydrogen-bond donors (Lipinski definition) is 1. The number of amides is 1. The van der Waals surface area contributed by atoms with Crippen LogP contribution in [0.15, 0.2) is 35.1 Å². The first kappa shape index (κ1) is 16.2. The van der Waals surface area contributed by atoms with Gasteiger partial charge in [-0.2, -0.15) is 0 Å². The lowest BCUT2D eigenvalue weighted by Gasteiger charge is -2.31. The van der Waals surface area contributed by atoms with Gasteiger partial charge in [0.05, 0.1) is 12.5 Å². The molecule has 0 spiro atoms. The molecule has 1 atom stereocenters.